The predicted octanol–water partition coefficient (Wildman–Crippen LogP) is 1.05. The molecule has 1 aliphatic carbocycles. The van der Waals surface area contributed by atoms with E-state index in [1.54, 1.807) is 0 Å². The van der Waals surface area contributed by atoms with Crippen LogP contribution in [-0.2, 0) is 9.59 Å². The fraction of sp³-hybridized carbons (Fsp3) is 0.833. The molecule has 5 nitrogen and oxygen atoms in total. The van der Waals surface area contributed by atoms with Crippen LogP contribution in [0.15, 0.2) is 0 Å². The first-order chi connectivity index (χ1) is 8.09. The van der Waals surface area contributed by atoms with Gasteiger partial charge in [0, 0.05) is 12.8 Å². The van der Waals surface area contributed by atoms with Crippen LogP contribution in [-0.4, -0.2) is 34.2 Å². The van der Waals surface area contributed by atoms with E-state index in [2.05, 4.69) is 5.32 Å². The number of aliphatic carboxylic acids is 1. The number of carboxylic acids is 1. The first kappa shape index (κ1) is 14.0. The lowest BCUT2D eigenvalue weighted by atomic mass is 9.92. The topological polar surface area (TPSA) is 86.6 Å². The Morgan fingerprint density at radius 1 is 1.12 bits per heavy atom. The fourth-order valence-corrected chi connectivity index (χ4v) is 2.12. The molecule has 0 heterocycles. The largest absolute Gasteiger partial charge is 0.481 e. The number of amides is 1. The number of hydrogen-bond acceptors (Lipinski definition) is 3. The maximum Gasteiger partial charge on any atom is 0.303 e. The van der Waals surface area contributed by atoms with Crippen molar-refractivity contribution in [1.82, 2.24) is 5.32 Å². The summed E-state index contributed by atoms with van der Waals surface area (Å²) in [7, 11) is 0. The van der Waals surface area contributed by atoms with Crippen LogP contribution in [0.4, 0.5) is 0 Å². The summed E-state index contributed by atoms with van der Waals surface area (Å²) in [6.45, 7) is 0. The van der Waals surface area contributed by atoms with Gasteiger partial charge in [-0.05, 0) is 25.7 Å². The maximum atomic E-state index is 11.5. The summed E-state index contributed by atoms with van der Waals surface area (Å²) in [4.78, 5) is 21.8. The Kier molecular flexibility index (Phi) is 5.97. The number of carbonyl (C=O) groups excluding carboxylic acids is 1. The normalized spacial score (nSPS) is 24.3. The van der Waals surface area contributed by atoms with Gasteiger partial charge in [-0.15, -0.1) is 0 Å². The second-order valence-electron chi connectivity index (χ2n) is 4.63. The van der Waals surface area contributed by atoms with Crippen molar-refractivity contribution in [1.29, 1.82) is 0 Å². The number of unbranched alkanes of at least 4 members (excludes halogenated alkanes) is 1. The van der Waals surface area contributed by atoms with Crippen LogP contribution in [0.1, 0.15) is 51.4 Å². The van der Waals surface area contributed by atoms with Gasteiger partial charge in [0.1, 0.15) is 0 Å². The molecule has 2 atom stereocenters. The Labute approximate surface area is 101 Å². The quantitative estimate of drug-likeness (QED) is 0.609. The van der Waals surface area contributed by atoms with Gasteiger partial charge >= 0.3 is 5.97 Å². The minimum atomic E-state index is -0.826. The van der Waals surface area contributed by atoms with Crippen LogP contribution in [0, 0.1) is 0 Å². The van der Waals surface area contributed by atoms with Crippen molar-refractivity contribution >= 4 is 11.9 Å². The Morgan fingerprint density at radius 3 is 2.41 bits per heavy atom. The highest BCUT2D eigenvalue weighted by Gasteiger charge is 2.23. The average Bonchev–Trinajstić information content (AvgIpc) is 2.27. The van der Waals surface area contributed by atoms with Crippen molar-refractivity contribution in [2.24, 2.45) is 0 Å². The molecule has 0 spiro atoms. The molecule has 0 aromatic rings. The van der Waals surface area contributed by atoms with Gasteiger partial charge in [-0.1, -0.05) is 12.8 Å². The van der Waals surface area contributed by atoms with E-state index in [4.69, 9.17) is 5.11 Å². The number of carboxylic acid groups (broad SMARTS) is 1. The summed E-state index contributed by atoms with van der Waals surface area (Å²) in [5.74, 6) is -0.908. The van der Waals surface area contributed by atoms with E-state index in [9.17, 15) is 14.7 Å². The second kappa shape index (κ2) is 7.27. The zero-order valence-corrected chi connectivity index (χ0v) is 10.0. The summed E-state index contributed by atoms with van der Waals surface area (Å²) in [6.07, 6.45) is 4.79. The standard InChI is InChI=1S/C12H21NO4/c14-10-6-2-1-5-9(10)13-11(15)7-3-4-8-12(16)17/h9-10,14H,1-8H2,(H,13,15)(H,16,17)/t9-,10-/m0/s1. The van der Waals surface area contributed by atoms with Crippen LogP contribution in [0.5, 0.6) is 0 Å². The van der Waals surface area contributed by atoms with Gasteiger partial charge in [0.05, 0.1) is 12.1 Å². The predicted molar refractivity (Wildman–Crippen MR) is 62.5 cm³/mol. The highest BCUT2D eigenvalue weighted by molar-refractivity contribution is 5.76. The molecule has 1 amide bonds. The molecule has 98 valence electrons. The summed E-state index contributed by atoms with van der Waals surface area (Å²) in [5, 5.41) is 20.9. The Hall–Kier alpha value is -1.10. The third-order valence-electron chi connectivity index (χ3n) is 3.12. The molecule has 3 N–H and O–H groups in total. The van der Waals surface area contributed by atoms with E-state index < -0.39 is 12.1 Å². The van der Waals surface area contributed by atoms with E-state index in [1.807, 2.05) is 0 Å². The van der Waals surface area contributed by atoms with Crippen molar-refractivity contribution < 1.29 is 19.8 Å². The number of nitrogens with one attached hydrogen (secondary N) is 1. The molecule has 1 fully saturated rings. The smallest absolute Gasteiger partial charge is 0.303 e. The highest BCUT2D eigenvalue weighted by atomic mass is 16.4. The summed E-state index contributed by atoms with van der Waals surface area (Å²) in [6, 6.07) is -0.115. The molecule has 0 radical (unpaired) electrons. The molecule has 0 saturated heterocycles. The molecule has 0 aromatic heterocycles. The monoisotopic (exact) mass is 243 g/mol. The molecular formula is C12H21NO4. The number of carbonyl (C=O) groups is 2. The van der Waals surface area contributed by atoms with E-state index >= 15 is 0 Å². The first-order valence-electron chi connectivity index (χ1n) is 6.29. The van der Waals surface area contributed by atoms with Crippen molar-refractivity contribution in [3.05, 3.63) is 0 Å². The number of aliphatic hydroxyl groups is 1. The molecule has 17 heavy (non-hydrogen) atoms. The maximum absolute atomic E-state index is 11.5. The van der Waals surface area contributed by atoms with Crippen LogP contribution < -0.4 is 5.32 Å². The second-order valence-corrected chi connectivity index (χ2v) is 4.63. The Morgan fingerprint density at radius 2 is 1.76 bits per heavy atom. The molecule has 0 unspecified atom stereocenters. The number of hydrogen-bond donors (Lipinski definition) is 3. The Bertz CT molecular complexity index is 267. The van der Waals surface area contributed by atoms with E-state index in [-0.39, 0.29) is 18.4 Å². The molecule has 5 heteroatoms. The highest BCUT2D eigenvalue weighted by Crippen LogP contribution is 2.18. The third kappa shape index (κ3) is 5.68. The van der Waals surface area contributed by atoms with Crippen molar-refractivity contribution in [2.75, 3.05) is 0 Å². The van der Waals surface area contributed by atoms with Gasteiger partial charge in [-0.25, -0.2) is 0 Å². The molecule has 1 saturated carbocycles. The van der Waals surface area contributed by atoms with Crippen LogP contribution in [0.3, 0.4) is 0 Å². The summed E-state index contributed by atoms with van der Waals surface area (Å²) in [5.41, 5.74) is 0. The molecule has 0 aromatic carbocycles. The van der Waals surface area contributed by atoms with E-state index in [0.29, 0.717) is 19.3 Å². The molecule has 0 bridgehead atoms. The Balaban J connectivity index is 2.13. The van der Waals surface area contributed by atoms with E-state index in [1.165, 1.54) is 0 Å². The number of rotatable bonds is 6. The van der Waals surface area contributed by atoms with Gasteiger partial charge < -0.3 is 15.5 Å². The van der Waals surface area contributed by atoms with Gasteiger partial charge in [0.15, 0.2) is 0 Å². The minimum absolute atomic E-state index is 0.0821. The van der Waals surface area contributed by atoms with Gasteiger partial charge in [0.25, 0.3) is 0 Å². The van der Waals surface area contributed by atoms with Crippen molar-refractivity contribution in [2.45, 2.75) is 63.5 Å². The van der Waals surface area contributed by atoms with Gasteiger partial charge in [0.2, 0.25) is 5.91 Å². The van der Waals surface area contributed by atoms with Crippen LogP contribution in [0.2, 0.25) is 0 Å². The lowest BCUT2D eigenvalue weighted by molar-refractivity contribution is -0.137. The molecule has 1 aliphatic rings. The lowest BCUT2D eigenvalue weighted by Crippen LogP contribution is -2.44. The van der Waals surface area contributed by atoms with Crippen LogP contribution >= 0.6 is 0 Å². The number of aliphatic hydroxyl groups excluding tert-OH is 1. The third-order valence-corrected chi connectivity index (χ3v) is 3.12. The molecule has 1 rings (SSSR count). The van der Waals surface area contributed by atoms with E-state index in [0.717, 1.165) is 25.7 Å². The van der Waals surface area contributed by atoms with Gasteiger partial charge in [-0.2, -0.15) is 0 Å². The van der Waals surface area contributed by atoms with Crippen molar-refractivity contribution in [3.63, 3.8) is 0 Å². The minimum Gasteiger partial charge on any atom is -0.481 e. The first-order valence-corrected chi connectivity index (χ1v) is 6.29. The van der Waals surface area contributed by atoms with Crippen molar-refractivity contribution in [3.8, 4) is 0 Å². The van der Waals surface area contributed by atoms with Crippen LogP contribution in [0.25, 0.3) is 0 Å². The summed E-state index contributed by atoms with van der Waals surface area (Å²) >= 11 is 0. The molecular weight excluding hydrogens is 222 g/mol. The fourth-order valence-electron chi connectivity index (χ4n) is 2.12. The lowest BCUT2D eigenvalue weighted by Gasteiger charge is -2.28. The summed E-state index contributed by atoms with van der Waals surface area (Å²) < 4.78 is 0. The zero-order valence-electron chi connectivity index (χ0n) is 10.0. The zero-order chi connectivity index (χ0) is 12.7. The molecule has 0 aliphatic heterocycles. The van der Waals surface area contributed by atoms with Gasteiger partial charge in [-0.3, -0.25) is 9.59 Å². The average molecular weight is 243 g/mol. The SMILES string of the molecule is O=C(O)CCCCC(=O)N[C@H]1CCCC[C@@H]1O.